The number of aliphatic hydroxyl groups is 1. The number of halogens is 2. The maximum Gasteiger partial charge on any atom is 0.333 e. The molecule has 9 heteroatoms. The Bertz CT molecular complexity index is 462. The van der Waals surface area contributed by atoms with Gasteiger partial charge in [0.15, 0.2) is 0 Å². The van der Waals surface area contributed by atoms with Gasteiger partial charge in [0, 0.05) is 7.05 Å². The van der Waals surface area contributed by atoms with E-state index in [4.69, 9.17) is 5.11 Å². The van der Waals surface area contributed by atoms with Gasteiger partial charge in [-0.1, -0.05) is 13.3 Å². The number of anilines is 1. The second-order valence-electron chi connectivity index (χ2n) is 4.14. The van der Waals surface area contributed by atoms with E-state index in [0.717, 1.165) is 4.68 Å². The average molecular weight is 278 g/mol. The molecule has 0 aromatic carbocycles. The van der Waals surface area contributed by atoms with Crippen LogP contribution in [0.15, 0.2) is 0 Å². The van der Waals surface area contributed by atoms with Crippen molar-refractivity contribution in [1.82, 2.24) is 9.78 Å². The summed E-state index contributed by atoms with van der Waals surface area (Å²) in [5.41, 5.74) is -0.0390. The molecule has 1 heterocycles. The molecule has 0 unspecified atom stereocenters. The lowest BCUT2D eigenvalue weighted by Crippen LogP contribution is -2.31. The fourth-order valence-corrected chi connectivity index (χ4v) is 1.63. The van der Waals surface area contributed by atoms with E-state index >= 15 is 0 Å². The van der Waals surface area contributed by atoms with E-state index in [9.17, 15) is 18.9 Å². The predicted molar refractivity (Wildman–Crippen MR) is 64.4 cm³/mol. The highest BCUT2D eigenvalue weighted by Crippen LogP contribution is 2.29. The third-order valence-electron chi connectivity index (χ3n) is 2.51. The van der Waals surface area contributed by atoms with Crippen LogP contribution in [0.5, 0.6) is 0 Å². The minimum atomic E-state index is -3.34. The van der Waals surface area contributed by atoms with Crippen molar-refractivity contribution in [2.75, 3.05) is 18.5 Å². The van der Waals surface area contributed by atoms with Crippen LogP contribution in [0.1, 0.15) is 19.0 Å². The van der Waals surface area contributed by atoms with Crippen LogP contribution in [0.4, 0.5) is 20.3 Å². The first-order valence-electron chi connectivity index (χ1n) is 5.75. The van der Waals surface area contributed by atoms with E-state index in [0.29, 0.717) is 12.8 Å². The first-order chi connectivity index (χ1) is 8.82. The second-order valence-corrected chi connectivity index (χ2v) is 4.14. The first kappa shape index (κ1) is 15.3. The molecule has 7 nitrogen and oxygen atoms in total. The lowest BCUT2D eigenvalue weighted by molar-refractivity contribution is -0.384. The van der Waals surface area contributed by atoms with Gasteiger partial charge in [-0.15, -0.1) is 0 Å². The summed E-state index contributed by atoms with van der Waals surface area (Å²) >= 11 is 0. The number of nitrogens with zero attached hydrogens (tertiary/aromatic N) is 3. The van der Waals surface area contributed by atoms with E-state index < -0.39 is 24.0 Å². The van der Waals surface area contributed by atoms with Gasteiger partial charge < -0.3 is 10.4 Å². The van der Waals surface area contributed by atoms with Crippen molar-refractivity contribution >= 4 is 11.5 Å². The Hall–Kier alpha value is -1.77. The fourth-order valence-electron chi connectivity index (χ4n) is 1.63. The molecule has 2 N–H and O–H groups in total. The van der Waals surface area contributed by atoms with E-state index in [-0.39, 0.29) is 17.2 Å². The standard InChI is InChI=1S/C10H16F2N4O3/c1-3-4-7-8(16(18)19)9(15(2)14-7)13-5-10(11,12)6-17/h13,17H,3-6H2,1-2H3. The number of alkyl halides is 2. The Morgan fingerprint density at radius 1 is 1.58 bits per heavy atom. The van der Waals surface area contributed by atoms with E-state index in [2.05, 4.69) is 10.4 Å². The Balaban J connectivity index is 3.02. The van der Waals surface area contributed by atoms with Crippen LogP contribution in [0, 0.1) is 10.1 Å². The summed E-state index contributed by atoms with van der Waals surface area (Å²) in [4.78, 5) is 10.4. The van der Waals surface area contributed by atoms with E-state index in [1.54, 1.807) is 0 Å². The quantitative estimate of drug-likeness (QED) is 0.579. The molecule has 0 aliphatic heterocycles. The van der Waals surface area contributed by atoms with Crippen LogP contribution in [-0.2, 0) is 13.5 Å². The molecule has 0 saturated heterocycles. The molecule has 19 heavy (non-hydrogen) atoms. The molecule has 0 aliphatic rings. The largest absolute Gasteiger partial charge is 0.390 e. The Morgan fingerprint density at radius 3 is 2.68 bits per heavy atom. The summed E-state index contributed by atoms with van der Waals surface area (Å²) in [5, 5.41) is 25.7. The van der Waals surface area contributed by atoms with Gasteiger partial charge in [-0.3, -0.25) is 10.1 Å². The molecule has 0 fully saturated rings. The number of nitro groups is 1. The number of hydrogen-bond acceptors (Lipinski definition) is 5. The molecule has 108 valence electrons. The highest BCUT2D eigenvalue weighted by molar-refractivity contribution is 5.60. The van der Waals surface area contributed by atoms with Gasteiger partial charge >= 0.3 is 5.69 Å². The zero-order valence-corrected chi connectivity index (χ0v) is 10.7. The number of aryl methyl sites for hydroxylation is 2. The van der Waals surface area contributed by atoms with Crippen molar-refractivity contribution in [2.24, 2.45) is 7.05 Å². The van der Waals surface area contributed by atoms with Crippen LogP contribution in [0.2, 0.25) is 0 Å². The average Bonchev–Trinajstić information content (AvgIpc) is 2.63. The summed E-state index contributed by atoms with van der Waals surface area (Å²) in [7, 11) is 1.44. The summed E-state index contributed by atoms with van der Waals surface area (Å²) in [6.07, 6.45) is 1.05. The van der Waals surface area contributed by atoms with Crippen molar-refractivity contribution in [3.63, 3.8) is 0 Å². The molecule has 0 radical (unpaired) electrons. The summed E-state index contributed by atoms with van der Waals surface area (Å²) in [6.45, 7) is -0.381. The second kappa shape index (κ2) is 5.91. The summed E-state index contributed by atoms with van der Waals surface area (Å²) in [5.74, 6) is -3.43. The number of aromatic nitrogens is 2. The molecule has 0 spiro atoms. The van der Waals surface area contributed by atoms with E-state index in [1.165, 1.54) is 7.05 Å². The van der Waals surface area contributed by atoms with Crippen molar-refractivity contribution in [2.45, 2.75) is 25.7 Å². The molecule has 0 aliphatic carbocycles. The minimum Gasteiger partial charge on any atom is -0.390 e. The van der Waals surface area contributed by atoms with Crippen LogP contribution in [0.25, 0.3) is 0 Å². The maximum atomic E-state index is 12.9. The van der Waals surface area contributed by atoms with Crippen LogP contribution < -0.4 is 5.32 Å². The maximum absolute atomic E-state index is 12.9. The molecule has 0 bridgehead atoms. The Morgan fingerprint density at radius 2 is 2.21 bits per heavy atom. The normalized spacial score (nSPS) is 11.6. The third-order valence-corrected chi connectivity index (χ3v) is 2.51. The molecule has 0 amide bonds. The topological polar surface area (TPSA) is 93.2 Å². The van der Waals surface area contributed by atoms with Crippen LogP contribution in [0.3, 0.4) is 0 Å². The third kappa shape index (κ3) is 3.60. The highest BCUT2D eigenvalue weighted by Gasteiger charge is 2.31. The molecule has 1 aromatic rings. The van der Waals surface area contributed by atoms with Gasteiger partial charge in [0.1, 0.15) is 12.3 Å². The molecular formula is C10H16F2N4O3. The number of nitrogens with one attached hydrogen (secondary N) is 1. The zero-order valence-electron chi connectivity index (χ0n) is 10.7. The monoisotopic (exact) mass is 278 g/mol. The molecule has 0 saturated carbocycles. The van der Waals surface area contributed by atoms with Crippen molar-refractivity contribution in [1.29, 1.82) is 0 Å². The summed E-state index contributed by atoms with van der Waals surface area (Å²) < 4.78 is 27.1. The molecule has 1 aromatic heterocycles. The lowest BCUT2D eigenvalue weighted by Gasteiger charge is -2.14. The number of hydrogen-bond donors (Lipinski definition) is 2. The predicted octanol–water partition coefficient (Wildman–Crippen LogP) is 1.32. The van der Waals surface area contributed by atoms with Crippen LogP contribution >= 0.6 is 0 Å². The van der Waals surface area contributed by atoms with Crippen molar-refractivity contribution < 1.29 is 18.8 Å². The lowest BCUT2D eigenvalue weighted by atomic mass is 10.2. The van der Waals surface area contributed by atoms with Crippen molar-refractivity contribution in [3.05, 3.63) is 15.8 Å². The van der Waals surface area contributed by atoms with E-state index in [1.807, 2.05) is 6.92 Å². The molecule has 1 rings (SSSR count). The highest BCUT2D eigenvalue weighted by atomic mass is 19.3. The van der Waals surface area contributed by atoms with Crippen LogP contribution in [-0.4, -0.2) is 38.9 Å². The smallest absolute Gasteiger partial charge is 0.333 e. The number of rotatable bonds is 7. The molecule has 0 atom stereocenters. The number of aliphatic hydroxyl groups excluding tert-OH is 1. The van der Waals surface area contributed by atoms with Gasteiger partial charge in [-0.25, -0.2) is 13.5 Å². The summed E-state index contributed by atoms with van der Waals surface area (Å²) in [6, 6.07) is 0. The minimum absolute atomic E-state index is 0.0819. The van der Waals surface area contributed by atoms with Crippen molar-refractivity contribution in [3.8, 4) is 0 Å². The van der Waals surface area contributed by atoms with Gasteiger partial charge in [-0.2, -0.15) is 5.10 Å². The SMILES string of the molecule is CCCc1nn(C)c(NCC(F)(F)CO)c1[N+](=O)[O-]. The van der Waals surface area contributed by atoms with Gasteiger partial charge in [0.05, 0.1) is 11.5 Å². The zero-order chi connectivity index (χ0) is 14.6. The van der Waals surface area contributed by atoms with Gasteiger partial charge in [-0.05, 0) is 6.42 Å². The van der Waals surface area contributed by atoms with Gasteiger partial charge in [0.2, 0.25) is 5.82 Å². The van der Waals surface area contributed by atoms with Gasteiger partial charge in [0.25, 0.3) is 5.92 Å². The Labute approximate surface area is 108 Å². The fraction of sp³-hybridized carbons (Fsp3) is 0.700. The Kier molecular flexibility index (Phi) is 4.76. The molecular weight excluding hydrogens is 262 g/mol. The first-order valence-corrected chi connectivity index (χ1v) is 5.75.